The molecule has 0 amide bonds. The van der Waals surface area contributed by atoms with Crippen LogP contribution in [-0.2, 0) is 6.61 Å². The Morgan fingerprint density at radius 2 is 1.62 bits per heavy atom. The van der Waals surface area contributed by atoms with E-state index in [0.29, 0.717) is 6.61 Å². The lowest BCUT2D eigenvalue weighted by Gasteiger charge is -2.17. The van der Waals surface area contributed by atoms with E-state index in [2.05, 4.69) is 0 Å². The van der Waals surface area contributed by atoms with Gasteiger partial charge in [0.15, 0.2) is 0 Å². The van der Waals surface area contributed by atoms with E-state index in [1.165, 1.54) is 0 Å². The summed E-state index contributed by atoms with van der Waals surface area (Å²) in [5, 5.41) is 9.77. The average Bonchev–Trinajstić information content (AvgIpc) is 2.93. The van der Waals surface area contributed by atoms with Crippen LogP contribution >= 0.6 is 0 Å². The monoisotopic (exact) mass is 284 g/mol. The molecule has 1 aliphatic rings. The lowest BCUT2D eigenvalue weighted by atomic mass is 10.2. The molecule has 1 saturated carbocycles. The van der Waals surface area contributed by atoms with Crippen molar-refractivity contribution in [2.24, 2.45) is 0 Å². The quantitative estimate of drug-likeness (QED) is 0.912. The number of ether oxygens (including phenoxy) is 2. The van der Waals surface area contributed by atoms with Gasteiger partial charge in [-0.15, -0.1) is 0 Å². The second-order valence-corrected chi connectivity index (χ2v) is 5.40. The molecule has 0 aliphatic heterocycles. The zero-order chi connectivity index (χ0) is 14.5. The van der Waals surface area contributed by atoms with E-state index < -0.39 is 0 Å². The molecule has 3 rings (SSSR count). The fourth-order valence-corrected chi connectivity index (χ4v) is 2.57. The summed E-state index contributed by atoms with van der Waals surface area (Å²) < 4.78 is 11.5. The van der Waals surface area contributed by atoms with E-state index in [4.69, 9.17) is 9.47 Å². The Kier molecular flexibility index (Phi) is 4.41. The smallest absolute Gasteiger partial charge is 0.124 e. The molecule has 2 atom stereocenters. The summed E-state index contributed by atoms with van der Waals surface area (Å²) in [5.41, 5.74) is 1.15. The van der Waals surface area contributed by atoms with E-state index in [0.717, 1.165) is 36.3 Å². The van der Waals surface area contributed by atoms with Gasteiger partial charge in [-0.3, -0.25) is 0 Å². The molecule has 0 radical (unpaired) electrons. The van der Waals surface area contributed by atoms with Crippen LogP contribution in [0.15, 0.2) is 54.6 Å². The first-order valence-corrected chi connectivity index (χ1v) is 7.43. The molecule has 0 aromatic heterocycles. The molecule has 110 valence electrons. The van der Waals surface area contributed by atoms with E-state index in [1.54, 1.807) is 0 Å². The summed E-state index contributed by atoms with van der Waals surface area (Å²) in [7, 11) is 0. The molecule has 3 nitrogen and oxygen atoms in total. The molecule has 2 aromatic rings. The fourth-order valence-electron chi connectivity index (χ4n) is 2.57. The van der Waals surface area contributed by atoms with E-state index in [9.17, 15) is 5.11 Å². The highest BCUT2D eigenvalue weighted by atomic mass is 16.5. The van der Waals surface area contributed by atoms with Crippen LogP contribution in [0.4, 0.5) is 0 Å². The third kappa shape index (κ3) is 3.76. The van der Waals surface area contributed by atoms with Crippen molar-refractivity contribution < 1.29 is 14.6 Å². The summed E-state index contributed by atoms with van der Waals surface area (Å²) in [6.45, 7) is 0.558. The number of rotatable bonds is 5. The Morgan fingerprint density at radius 3 is 2.29 bits per heavy atom. The topological polar surface area (TPSA) is 38.7 Å². The van der Waals surface area contributed by atoms with Gasteiger partial charge in [0.05, 0.1) is 6.10 Å². The molecule has 1 N–H and O–H groups in total. The van der Waals surface area contributed by atoms with Gasteiger partial charge in [-0.25, -0.2) is 0 Å². The summed E-state index contributed by atoms with van der Waals surface area (Å²) >= 11 is 0. The summed E-state index contributed by atoms with van der Waals surface area (Å²) in [5.74, 6) is 1.60. The van der Waals surface area contributed by atoms with Gasteiger partial charge in [-0.2, -0.15) is 0 Å². The van der Waals surface area contributed by atoms with Crippen LogP contribution in [0.2, 0.25) is 0 Å². The van der Waals surface area contributed by atoms with Crippen molar-refractivity contribution in [1.29, 1.82) is 0 Å². The van der Waals surface area contributed by atoms with Crippen molar-refractivity contribution in [3.05, 3.63) is 60.2 Å². The zero-order valence-electron chi connectivity index (χ0n) is 11.9. The van der Waals surface area contributed by atoms with Gasteiger partial charge in [0.2, 0.25) is 0 Å². The first kappa shape index (κ1) is 14.0. The molecular weight excluding hydrogens is 264 g/mol. The average molecular weight is 284 g/mol. The van der Waals surface area contributed by atoms with Crippen molar-refractivity contribution in [1.82, 2.24) is 0 Å². The van der Waals surface area contributed by atoms with Gasteiger partial charge >= 0.3 is 0 Å². The maximum atomic E-state index is 9.77. The Morgan fingerprint density at radius 1 is 0.905 bits per heavy atom. The second-order valence-electron chi connectivity index (χ2n) is 5.40. The van der Waals surface area contributed by atoms with Gasteiger partial charge in [0, 0.05) is 0 Å². The van der Waals surface area contributed by atoms with Crippen molar-refractivity contribution in [3.63, 3.8) is 0 Å². The van der Waals surface area contributed by atoms with Gasteiger partial charge in [-0.1, -0.05) is 30.3 Å². The standard InChI is InChI=1S/C18H20O3/c19-17-7-4-8-18(17)21-16-11-9-15(10-12-16)20-13-14-5-2-1-3-6-14/h1-3,5-6,9-12,17-19H,4,7-8,13H2/t17-,18-/m1/s1. The van der Waals surface area contributed by atoms with Crippen molar-refractivity contribution >= 4 is 0 Å². The molecule has 1 fully saturated rings. The van der Waals surface area contributed by atoms with Crippen LogP contribution in [0, 0.1) is 0 Å². The highest BCUT2D eigenvalue weighted by Gasteiger charge is 2.26. The third-order valence-electron chi connectivity index (χ3n) is 3.78. The Labute approximate surface area is 125 Å². The van der Waals surface area contributed by atoms with E-state index in [1.807, 2.05) is 54.6 Å². The normalized spacial score (nSPS) is 21.2. The predicted octanol–water partition coefficient (Wildman–Crippen LogP) is 3.56. The number of hydrogen-bond acceptors (Lipinski definition) is 3. The molecule has 3 heteroatoms. The Balaban J connectivity index is 1.54. The first-order chi connectivity index (χ1) is 10.3. The SMILES string of the molecule is O[C@@H]1CCC[C@H]1Oc1ccc(OCc2ccccc2)cc1. The predicted molar refractivity (Wildman–Crippen MR) is 81.5 cm³/mol. The number of aliphatic hydroxyl groups excluding tert-OH is 1. The maximum Gasteiger partial charge on any atom is 0.124 e. The van der Waals surface area contributed by atoms with Crippen LogP contribution in [0.5, 0.6) is 11.5 Å². The zero-order valence-corrected chi connectivity index (χ0v) is 11.9. The van der Waals surface area contributed by atoms with Crippen LogP contribution in [0.25, 0.3) is 0 Å². The largest absolute Gasteiger partial charge is 0.489 e. The second kappa shape index (κ2) is 6.64. The Bertz CT molecular complexity index is 550. The van der Waals surface area contributed by atoms with Crippen LogP contribution in [-0.4, -0.2) is 17.3 Å². The minimum atomic E-state index is -0.334. The number of benzene rings is 2. The summed E-state index contributed by atoms with van der Waals surface area (Å²) in [4.78, 5) is 0. The molecule has 0 heterocycles. The molecule has 0 saturated heterocycles. The van der Waals surface area contributed by atoms with E-state index in [-0.39, 0.29) is 12.2 Å². The van der Waals surface area contributed by atoms with Crippen molar-refractivity contribution in [3.8, 4) is 11.5 Å². The van der Waals surface area contributed by atoms with Gasteiger partial charge in [-0.05, 0) is 49.1 Å². The van der Waals surface area contributed by atoms with Crippen LogP contribution in [0.1, 0.15) is 24.8 Å². The fraction of sp³-hybridized carbons (Fsp3) is 0.333. The molecule has 0 spiro atoms. The maximum absolute atomic E-state index is 9.77. The van der Waals surface area contributed by atoms with Crippen molar-refractivity contribution in [2.75, 3.05) is 0 Å². The highest BCUT2D eigenvalue weighted by Crippen LogP contribution is 2.26. The number of aliphatic hydroxyl groups is 1. The molecule has 2 aromatic carbocycles. The first-order valence-electron chi connectivity index (χ1n) is 7.43. The van der Waals surface area contributed by atoms with Gasteiger partial charge < -0.3 is 14.6 Å². The van der Waals surface area contributed by atoms with Gasteiger partial charge in [0.1, 0.15) is 24.2 Å². The van der Waals surface area contributed by atoms with Gasteiger partial charge in [0.25, 0.3) is 0 Å². The van der Waals surface area contributed by atoms with Crippen molar-refractivity contribution in [2.45, 2.75) is 38.1 Å². The van der Waals surface area contributed by atoms with E-state index >= 15 is 0 Å². The number of hydrogen-bond donors (Lipinski definition) is 1. The molecule has 1 aliphatic carbocycles. The third-order valence-corrected chi connectivity index (χ3v) is 3.78. The molecule has 0 unspecified atom stereocenters. The summed E-state index contributed by atoms with van der Waals surface area (Å²) in [6.07, 6.45) is 2.39. The lowest BCUT2D eigenvalue weighted by molar-refractivity contribution is 0.0603. The lowest BCUT2D eigenvalue weighted by Crippen LogP contribution is -2.25. The minimum absolute atomic E-state index is 0.0684. The molecule has 21 heavy (non-hydrogen) atoms. The molecular formula is C18H20O3. The summed E-state index contributed by atoms with van der Waals surface area (Å²) in [6, 6.07) is 17.7. The van der Waals surface area contributed by atoms with Crippen LogP contribution < -0.4 is 9.47 Å². The molecule has 0 bridgehead atoms. The highest BCUT2D eigenvalue weighted by molar-refractivity contribution is 5.31. The minimum Gasteiger partial charge on any atom is -0.489 e. The Hall–Kier alpha value is -2.00. The van der Waals surface area contributed by atoms with Crippen LogP contribution in [0.3, 0.4) is 0 Å².